The van der Waals surface area contributed by atoms with Crippen LogP contribution < -0.4 is 14.4 Å². The maximum Gasteiger partial charge on any atom is 0.274 e. The van der Waals surface area contributed by atoms with Crippen LogP contribution in [-0.4, -0.2) is 24.1 Å². The maximum atomic E-state index is 13.6. The molecule has 1 amide bonds. The van der Waals surface area contributed by atoms with Crippen LogP contribution in [0.4, 0.5) is 10.8 Å². The van der Waals surface area contributed by atoms with E-state index in [4.69, 9.17) is 14.5 Å². The summed E-state index contributed by atoms with van der Waals surface area (Å²) in [6.07, 6.45) is -0.707. The number of methoxy groups -OCH3 is 1. The van der Waals surface area contributed by atoms with E-state index in [1.165, 1.54) is 11.3 Å². The third-order valence-corrected chi connectivity index (χ3v) is 6.03. The fourth-order valence-electron chi connectivity index (χ4n) is 3.42. The average molecular weight is 433 g/mol. The Balaban J connectivity index is 1.71. The van der Waals surface area contributed by atoms with Crippen molar-refractivity contribution in [2.45, 2.75) is 26.9 Å². The summed E-state index contributed by atoms with van der Waals surface area (Å²) in [5, 5.41) is 0.628. The van der Waals surface area contributed by atoms with E-state index in [-0.39, 0.29) is 5.91 Å². The molecule has 1 atom stereocenters. The largest absolute Gasteiger partial charge is 0.497 e. The van der Waals surface area contributed by atoms with Crippen molar-refractivity contribution in [1.29, 1.82) is 0 Å². The van der Waals surface area contributed by atoms with Gasteiger partial charge < -0.3 is 9.47 Å². The molecule has 1 unspecified atom stereocenters. The number of ether oxygens (including phenoxy) is 2. The molecule has 158 valence electrons. The van der Waals surface area contributed by atoms with Crippen molar-refractivity contribution in [3.05, 3.63) is 77.9 Å². The molecule has 1 heterocycles. The first-order valence-corrected chi connectivity index (χ1v) is 10.9. The van der Waals surface area contributed by atoms with Crippen molar-refractivity contribution in [3.8, 4) is 11.5 Å². The number of hydrogen-bond donors (Lipinski definition) is 0. The molecule has 0 saturated carbocycles. The molecule has 0 fully saturated rings. The number of anilines is 2. The van der Waals surface area contributed by atoms with Crippen molar-refractivity contribution in [3.63, 3.8) is 0 Å². The van der Waals surface area contributed by atoms with Crippen LogP contribution in [0.1, 0.15) is 18.1 Å². The first kappa shape index (κ1) is 20.9. The molecule has 0 N–H and O–H groups in total. The summed E-state index contributed by atoms with van der Waals surface area (Å²) in [6, 6.07) is 21.1. The predicted molar refractivity (Wildman–Crippen MR) is 126 cm³/mol. The quantitative estimate of drug-likeness (QED) is 0.372. The second-order valence-corrected chi connectivity index (χ2v) is 8.37. The smallest absolute Gasteiger partial charge is 0.274 e. The Bertz CT molecular complexity index is 1180. The molecule has 0 spiro atoms. The zero-order chi connectivity index (χ0) is 22.0. The Morgan fingerprint density at radius 3 is 2.39 bits per heavy atom. The third-order valence-electron chi connectivity index (χ3n) is 5.01. The van der Waals surface area contributed by atoms with Gasteiger partial charge in [0.2, 0.25) is 0 Å². The van der Waals surface area contributed by atoms with Gasteiger partial charge in [0.15, 0.2) is 11.2 Å². The minimum Gasteiger partial charge on any atom is -0.497 e. The summed E-state index contributed by atoms with van der Waals surface area (Å²) in [6.45, 7) is 5.80. The van der Waals surface area contributed by atoms with Crippen LogP contribution in [0.2, 0.25) is 0 Å². The highest BCUT2D eigenvalue weighted by atomic mass is 32.1. The van der Waals surface area contributed by atoms with Gasteiger partial charge in [-0.15, -0.1) is 0 Å². The zero-order valence-corrected chi connectivity index (χ0v) is 18.8. The first-order chi connectivity index (χ1) is 15.0. The van der Waals surface area contributed by atoms with Gasteiger partial charge in [0, 0.05) is 0 Å². The topological polar surface area (TPSA) is 51.7 Å². The van der Waals surface area contributed by atoms with Crippen molar-refractivity contribution in [1.82, 2.24) is 4.98 Å². The average Bonchev–Trinajstić information content (AvgIpc) is 3.19. The number of nitrogens with zero attached hydrogens (tertiary/aromatic N) is 2. The van der Waals surface area contributed by atoms with Crippen LogP contribution >= 0.6 is 11.3 Å². The van der Waals surface area contributed by atoms with Crippen LogP contribution in [0.3, 0.4) is 0 Å². The van der Waals surface area contributed by atoms with Crippen LogP contribution in [-0.2, 0) is 4.79 Å². The van der Waals surface area contributed by atoms with Gasteiger partial charge in [0.05, 0.1) is 23.0 Å². The summed E-state index contributed by atoms with van der Waals surface area (Å²) in [5.74, 6) is 1.16. The normalized spacial score (nSPS) is 11.9. The lowest BCUT2D eigenvalue weighted by molar-refractivity contribution is -0.123. The number of rotatable bonds is 6. The summed E-state index contributed by atoms with van der Waals surface area (Å²) in [7, 11) is 1.61. The zero-order valence-electron chi connectivity index (χ0n) is 18.0. The van der Waals surface area contributed by atoms with E-state index in [9.17, 15) is 4.79 Å². The van der Waals surface area contributed by atoms with E-state index in [1.807, 2.05) is 62.4 Å². The van der Waals surface area contributed by atoms with Gasteiger partial charge in [-0.25, -0.2) is 4.98 Å². The lowest BCUT2D eigenvalue weighted by Gasteiger charge is -2.25. The number of fused-ring (bicyclic) bond motifs is 1. The molecule has 0 aliphatic heterocycles. The molecule has 4 aromatic rings. The highest BCUT2D eigenvalue weighted by Crippen LogP contribution is 2.36. The number of carbonyl (C=O) groups is 1. The monoisotopic (exact) mass is 432 g/mol. The van der Waals surface area contributed by atoms with Crippen molar-refractivity contribution in [2.24, 2.45) is 0 Å². The second-order valence-electron chi connectivity index (χ2n) is 7.36. The molecule has 1 aromatic heterocycles. The number of benzene rings is 3. The summed E-state index contributed by atoms with van der Waals surface area (Å²) in [5.41, 5.74) is 3.82. The van der Waals surface area contributed by atoms with E-state index < -0.39 is 6.10 Å². The lowest BCUT2D eigenvalue weighted by atomic mass is 10.1. The highest BCUT2D eigenvalue weighted by Gasteiger charge is 2.28. The van der Waals surface area contributed by atoms with Crippen LogP contribution in [0.15, 0.2) is 66.7 Å². The molecule has 0 saturated heterocycles. The van der Waals surface area contributed by atoms with Gasteiger partial charge in [-0.2, -0.15) is 0 Å². The lowest BCUT2D eigenvalue weighted by Crippen LogP contribution is -2.38. The summed E-state index contributed by atoms with van der Waals surface area (Å²) >= 11 is 1.49. The number of thiazole rings is 1. The van der Waals surface area contributed by atoms with Gasteiger partial charge in [-0.3, -0.25) is 9.69 Å². The minimum absolute atomic E-state index is 0.179. The molecule has 5 nitrogen and oxygen atoms in total. The molecule has 4 rings (SSSR count). The van der Waals surface area contributed by atoms with Gasteiger partial charge in [-0.05, 0) is 68.8 Å². The van der Waals surface area contributed by atoms with E-state index in [0.29, 0.717) is 10.9 Å². The number of aryl methyl sites for hydroxylation is 2. The van der Waals surface area contributed by atoms with E-state index in [2.05, 4.69) is 6.07 Å². The molecule has 0 bridgehead atoms. The minimum atomic E-state index is -0.707. The second kappa shape index (κ2) is 8.78. The molecule has 0 radical (unpaired) electrons. The maximum absolute atomic E-state index is 13.6. The predicted octanol–water partition coefficient (Wildman–Crippen LogP) is 6.05. The molecular weight excluding hydrogens is 408 g/mol. The fourth-order valence-corrected chi connectivity index (χ4v) is 4.40. The Morgan fingerprint density at radius 1 is 1.00 bits per heavy atom. The molecular formula is C25H24N2O3S. The number of amides is 1. The molecule has 0 aliphatic carbocycles. The Hall–Kier alpha value is -3.38. The Morgan fingerprint density at radius 2 is 1.71 bits per heavy atom. The molecule has 31 heavy (non-hydrogen) atoms. The van der Waals surface area contributed by atoms with Crippen molar-refractivity contribution in [2.75, 3.05) is 12.0 Å². The highest BCUT2D eigenvalue weighted by molar-refractivity contribution is 7.22. The van der Waals surface area contributed by atoms with Gasteiger partial charge >= 0.3 is 0 Å². The van der Waals surface area contributed by atoms with E-state index in [1.54, 1.807) is 31.1 Å². The number of hydrogen-bond acceptors (Lipinski definition) is 5. The number of aromatic nitrogens is 1. The van der Waals surface area contributed by atoms with Crippen LogP contribution in [0.5, 0.6) is 11.5 Å². The number of carbonyl (C=O) groups excluding carboxylic acids is 1. The van der Waals surface area contributed by atoms with Crippen LogP contribution in [0, 0.1) is 13.8 Å². The van der Waals surface area contributed by atoms with Crippen molar-refractivity contribution < 1.29 is 14.3 Å². The fraction of sp³-hybridized carbons (Fsp3) is 0.200. The molecule has 0 aliphatic rings. The van der Waals surface area contributed by atoms with E-state index >= 15 is 0 Å². The Kier molecular flexibility index (Phi) is 5.91. The first-order valence-electron chi connectivity index (χ1n) is 10.0. The standard InChI is InChI=1S/C25H24N2O3S/c1-16-9-14-22(17(2)15-16)27(25-26-21-7-5-6-8-23(21)31-25)24(28)18(3)30-20-12-10-19(29-4)11-13-20/h5-15,18H,1-4H3. The third kappa shape index (κ3) is 4.39. The van der Waals surface area contributed by atoms with E-state index in [0.717, 1.165) is 32.8 Å². The van der Waals surface area contributed by atoms with Crippen LogP contribution in [0.25, 0.3) is 10.2 Å². The van der Waals surface area contributed by atoms with Gasteiger partial charge in [0.1, 0.15) is 11.5 Å². The Labute approximate surface area is 185 Å². The summed E-state index contributed by atoms with van der Waals surface area (Å²) in [4.78, 5) is 20.0. The SMILES string of the molecule is COc1ccc(OC(C)C(=O)N(c2nc3ccccc3s2)c2ccc(C)cc2C)cc1. The molecule has 3 aromatic carbocycles. The molecule has 6 heteroatoms. The van der Waals surface area contributed by atoms with Gasteiger partial charge in [0.25, 0.3) is 5.91 Å². The number of para-hydroxylation sites is 1. The van der Waals surface area contributed by atoms with Crippen molar-refractivity contribution >= 4 is 38.3 Å². The van der Waals surface area contributed by atoms with Gasteiger partial charge in [-0.1, -0.05) is 41.2 Å². The summed E-state index contributed by atoms with van der Waals surface area (Å²) < 4.78 is 12.2.